The van der Waals surface area contributed by atoms with Crippen LogP contribution in [0.2, 0.25) is 0 Å². The van der Waals surface area contributed by atoms with Gasteiger partial charge in [0.2, 0.25) is 0 Å². The SMILES string of the molecule is CC(N)CCSc1ccccc1. The summed E-state index contributed by atoms with van der Waals surface area (Å²) in [6, 6.07) is 10.7. The minimum absolute atomic E-state index is 0.321. The van der Waals surface area contributed by atoms with Gasteiger partial charge >= 0.3 is 0 Å². The summed E-state index contributed by atoms with van der Waals surface area (Å²) >= 11 is 1.87. The summed E-state index contributed by atoms with van der Waals surface area (Å²) in [5.74, 6) is 1.11. The van der Waals surface area contributed by atoms with Crippen LogP contribution in [0.4, 0.5) is 0 Å². The average Bonchev–Trinajstić information content (AvgIpc) is 2.05. The zero-order valence-corrected chi connectivity index (χ0v) is 8.18. The van der Waals surface area contributed by atoms with Gasteiger partial charge in [0.25, 0.3) is 0 Å². The Hall–Kier alpha value is -0.470. The predicted octanol–water partition coefficient (Wildman–Crippen LogP) is 2.52. The lowest BCUT2D eigenvalue weighted by atomic mass is 10.3. The molecule has 0 fully saturated rings. The Bertz CT molecular complexity index is 208. The molecule has 1 atom stereocenters. The third-order valence-corrected chi connectivity index (χ3v) is 2.63. The molecule has 0 aromatic heterocycles. The van der Waals surface area contributed by atoms with E-state index in [9.17, 15) is 0 Å². The molecule has 0 aliphatic heterocycles. The summed E-state index contributed by atoms with van der Waals surface area (Å²) in [6.45, 7) is 2.05. The van der Waals surface area contributed by atoms with Crippen LogP contribution < -0.4 is 5.73 Å². The van der Waals surface area contributed by atoms with Crippen LogP contribution in [0.1, 0.15) is 13.3 Å². The molecule has 0 saturated heterocycles. The Morgan fingerprint density at radius 3 is 2.58 bits per heavy atom. The summed E-state index contributed by atoms with van der Waals surface area (Å²) in [6.07, 6.45) is 1.08. The maximum Gasteiger partial charge on any atom is 0.00719 e. The normalized spacial score (nSPS) is 12.8. The van der Waals surface area contributed by atoms with Crippen molar-refractivity contribution in [2.24, 2.45) is 5.73 Å². The molecule has 1 aromatic carbocycles. The van der Waals surface area contributed by atoms with Gasteiger partial charge in [-0.3, -0.25) is 0 Å². The Morgan fingerprint density at radius 1 is 1.33 bits per heavy atom. The molecule has 1 aromatic rings. The van der Waals surface area contributed by atoms with Gasteiger partial charge in [-0.1, -0.05) is 18.2 Å². The molecule has 0 amide bonds. The Labute approximate surface area is 78.4 Å². The van der Waals surface area contributed by atoms with E-state index >= 15 is 0 Å². The standard InChI is InChI=1S/C10H15NS/c1-9(11)7-8-12-10-5-3-2-4-6-10/h2-6,9H,7-8,11H2,1H3. The Kier molecular flexibility index (Phi) is 4.19. The first kappa shape index (κ1) is 9.62. The van der Waals surface area contributed by atoms with Crippen LogP contribution in [0, 0.1) is 0 Å². The van der Waals surface area contributed by atoms with E-state index in [1.807, 2.05) is 24.8 Å². The van der Waals surface area contributed by atoms with Crippen LogP contribution in [-0.4, -0.2) is 11.8 Å². The van der Waals surface area contributed by atoms with Gasteiger partial charge in [-0.2, -0.15) is 0 Å². The highest BCUT2D eigenvalue weighted by molar-refractivity contribution is 7.99. The molecule has 0 aliphatic rings. The van der Waals surface area contributed by atoms with E-state index in [0.717, 1.165) is 12.2 Å². The van der Waals surface area contributed by atoms with E-state index in [4.69, 9.17) is 5.73 Å². The van der Waals surface area contributed by atoms with Crippen molar-refractivity contribution in [3.05, 3.63) is 30.3 Å². The fourth-order valence-electron chi connectivity index (χ4n) is 0.879. The maximum absolute atomic E-state index is 5.64. The smallest absolute Gasteiger partial charge is 0.00719 e. The molecule has 0 saturated carbocycles. The third kappa shape index (κ3) is 3.79. The number of benzene rings is 1. The molecular weight excluding hydrogens is 166 g/mol. The number of rotatable bonds is 4. The van der Waals surface area contributed by atoms with E-state index < -0.39 is 0 Å². The summed E-state index contributed by atoms with van der Waals surface area (Å²) in [5, 5.41) is 0. The lowest BCUT2D eigenvalue weighted by Crippen LogP contribution is -2.15. The van der Waals surface area contributed by atoms with Crippen molar-refractivity contribution in [3.8, 4) is 0 Å². The zero-order valence-electron chi connectivity index (χ0n) is 7.36. The fourth-order valence-corrected chi connectivity index (χ4v) is 1.95. The van der Waals surface area contributed by atoms with E-state index in [2.05, 4.69) is 24.3 Å². The number of nitrogens with two attached hydrogens (primary N) is 1. The van der Waals surface area contributed by atoms with Crippen LogP contribution in [0.5, 0.6) is 0 Å². The van der Waals surface area contributed by atoms with Crippen LogP contribution in [0.3, 0.4) is 0 Å². The van der Waals surface area contributed by atoms with Crippen molar-refractivity contribution in [2.45, 2.75) is 24.3 Å². The molecule has 0 spiro atoms. The summed E-state index contributed by atoms with van der Waals surface area (Å²) in [7, 11) is 0. The molecule has 1 nitrogen and oxygen atoms in total. The number of hydrogen-bond acceptors (Lipinski definition) is 2. The molecular formula is C10H15NS. The van der Waals surface area contributed by atoms with Gasteiger partial charge in [-0.25, -0.2) is 0 Å². The third-order valence-electron chi connectivity index (χ3n) is 1.59. The second kappa shape index (κ2) is 5.22. The van der Waals surface area contributed by atoms with Crippen molar-refractivity contribution >= 4 is 11.8 Å². The zero-order chi connectivity index (χ0) is 8.81. The molecule has 1 unspecified atom stereocenters. The van der Waals surface area contributed by atoms with Crippen molar-refractivity contribution < 1.29 is 0 Å². The number of thioether (sulfide) groups is 1. The molecule has 1 rings (SSSR count). The van der Waals surface area contributed by atoms with Crippen molar-refractivity contribution in [1.29, 1.82) is 0 Å². The molecule has 66 valence electrons. The summed E-state index contributed by atoms with van der Waals surface area (Å²) in [5.41, 5.74) is 5.64. The van der Waals surface area contributed by atoms with E-state index in [1.165, 1.54) is 4.90 Å². The van der Waals surface area contributed by atoms with Crippen LogP contribution in [0.25, 0.3) is 0 Å². The summed E-state index contributed by atoms with van der Waals surface area (Å²) in [4.78, 5) is 1.33. The van der Waals surface area contributed by atoms with Gasteiger partial charge in [0.1, 0.15) is 0 Å². The molecule has 12 heavy (non-hydrogen) atoms. The maximum atomic E-state index is 5.64. The molecule has 2 heteroatoms. The van der Waals surface area contributed by atoms with E-state index in [0.29, 0.717) is 6.04 Å². The lowest BCUT2D eigenvalue weighted by Gasteiger charge is -2.03. The highest BCUT2D eigenvalue weighted by atomic mass is 32.2. The highest BCUT2D eigenvalue weighted by Crippen LogP contribution is 2.17. The Morgan fingerprint density at radius 2 is 2.00 bits per heavy atom. The van der Waals surface area contributed by atoms with Gasteiger partial charge in [0.15, 0.2) is 0 Å². The first-order valence-corrected chi connectivity index (χ1v) is 5.21. The topological polar surface area (TPSA) is 26.0 Å². The van der Waals surface area contributed by atoms with Gasteiger partial charge < -0.3 is 5.73 Å². The molecule has 0 heterocycles. The van der Waals surface area contributed by atoms with Crippen LogP contribution in [0.15, 0.2) is 35.2 Å². The summed E-state index contributed by atoms with van der Waals surface area (Å²) < 4.78 is 0. The first-order valence-electron chi connectivity index (χ1n) is 4.22. The minimum Gasteiger partial charge on any atom is -0.328 e. The van der Waals surface area contributed by atoms with Gasteiger partial charge in [-0.15, -0.1) is 11.8 Å². The highest BCUT2D eigenvalue weighted by Gasteiger charge is 1.95. The van der Waals surface area contributed by atoms with Crippen molar-refractivity contribution in [3.63, 3.8) is 0 Å². The molecule has 2 N–H and O–H groups in total. The minimum atomic E-state index is 0.321. The van der Waals surface area contributed by atoms with Crippen molar-refractivity contribution in [2.75, 3.05) is 5.75 Å². The molecule has 0 radical (unpaired) electrons. The van der Waals surface area contributed by atoms with Crippen LogP contribution in [-0.2, 0) is 0 Å². The second-order valence-corrected chi connectivity index (χ2v) is 4.10. The lowest BCUT2D eigenvalue weighted by molar-refractivity contribution is 0.721. The van der Waals surface area contributed by atoms with Crippen LogP contribution >= 0.6 is 11.8 Å². The van der Waals surface area contributed by atoms with Gasteiger partial charge in [0, 0.05) is 10.9 Å². The predicted molar refractivity (Wildman–Crippen MR) is 55.4 cm³/mol. The quantitative estimate of drug-likeness (QED) is 0.722. The first-order chi connectivity index (χ1) is 5.79. The largest absolute Gasteiger partial charge is 0.328 e. The fraction of sp³-hybridized carbons (Fsp3) is 0.400. The second-order valence-electron chi connectivity index (χ2n) is 2.93. The van der Waals surface area contributed by atoms with Gasteiger partial charge in [0.05, 0.1) is 0 Å². The number of hydrogen-bond donors (Lipinski definition) is 1. The average molecular weight is 181 g/mol. The monoisotopic (exact) mass is 181 g/mol. The van der Waals surface area contributed by atoms with E-state index in [-0.39, 0.29) is 0 Å². The molecule has 0 aliphatic carbocycles. The van der Waals surface area contributed by atoms with Gasteiger partial charge in [-0.05, 0) is 31.2 Å². The Balaban J connectivity index is 2.25. The molecule has 0 bridgehead atoms. The van der Waals surface area contributed by atoms with Crippen molar-refractivity contribution in [1.82, 2.24) is 0 Å². The van der Waals surface area contributed by atoms with E-state index in [1.54, 1.807) is 0 Å².